The Kier molecular flexibility index (Phi) is 3.47. The molecule has 0 saturated carbocycles. The monoisotopic (exact) mass is 219 g/mol. The molecule has 0 atom stereocenters. The van der Waals surface area contributed by atoms with Crippen molar-refractivity contribution in [2.75, 3.05) is 6.61 Å². The van der Waals surface area contributed by atoms with Crippen molar-refractivity contribution in [1.29, 1.82) is 0 Å². The number of hydrogen-bond acceptors (Lipinski definition) is 2. The van der Waals surface area contributed by atoms with Gasteiger partial charge in [-0.3, -0.25) is 0 Å². The van der Waals surface area contributed by atoms with Crippen LogP contribution < -0.4 is 4.84 Å². The second kappa shape index (κ2) is 5.03. The number of para-hydroxylation sites is 1. The molecular formula is C13H17NO2. The third-order valence-corrected chi connectivity index (χ3v) is 2.66. The Hall–Kier alpha value is -1.48. The molecule has 1 aromatic heterocycles. The fourth-order valence-corrected chi connectivity index (χ4v) is 1.76. The molecule has 3 nitrogen and oxygen atoms in total. The van der Waals surface area contributed by atoms with Gasteiger partial charge in [-0.2, -0.15) is 4.73 Å². The van der Waals surface area contributed by atoms with Gasteiger partial charge in [0, 0.05) is 10.9 Å². The molecule has 16 heavy (non-hydrogen) atoms. The first-order valence-electron chi connectivity index (χ1n) is 5.70. The molecule has 0 radical (unpaired) electrons. The molecule has 1 N–H and O–H groups in total. The Morgan fingerprint density at radius 1 is 1.31 bits per heavy atom. The number of rotatable bonds is 5. The lowest BCUT2D eigenvalue weighted by molar-refractivity contribution is 0.117. The number of unbranched alkanes of at least 4 members (excludes halogenated alkanes) is 1. The van der Waals surface area contributed by atoms with Crippen LogP contribution in [0, 0.1) is 0 Å². The minimum Gasteiger partial charge on any atom is -0.414 e. The number of fused-ring (bicyclic) bond motifs is 1. The summed E-state index contributed by atoms with van der Waals surface area (Å²) in [7, 11) is 0. The number of hydrogen-bond donors (Lipinski definition) is 1. The van der Waals surface area contributed by atoms with E-state index in [2.05, 4.69) is 6.92 Å². The SMILES string of the molecule is CCCCOn1cc(CO)c2ccccc21. The molecular weight excluding hydrogens is 202 g/mol. The summed E-state index contributed by atoms with van der Waals surface area (Å²) in [6, 6.07) is 7.95. The molecule has 0 amide bonds. The van der Waals surface area contributed by atoms with Gasteiger partial charge in [-0.15, -0.1) is 0 Å². The van der Waals surface area contributed by atoms with Crippen LogP contribution in [0.4, 0.5) is 0 Å². The molecule has 86 valence electrons. The van der Waals surface area contributed by atoms with Crippen LogP contribution in [0.2, 0.25) is 0 Å². The number of aromatic nitrogens is 1. The maximum Gasteiger partial charge on any atom is 0.115 e. The van der Waals surface area contributed by atoms with Crippen LogP contribution in [-0.4, -0.2) is 16.4 Å². The molecule has 3 heteroatoms. The lowest BCUT2D eigenvalue weighted by Crippen LogP contribution is -2.11. The predicted molar refractivity (Wildman–Crippen MR) is 64.2 cm³/mol. The zero-order valence-electron chi connectivity index (χ0n) is 9.52. The molecule has 0 aliphatic heterocycles. The van der Waals surface area contributed by atoms with Gasteiger partial charge in [0.1, 0.15) is 6.61 Å². The molecule has 0 unspecified atom stereocenters. The topological polar surface area (TPSA) is 34.4 Å². The van der Waals surface area contributed by atoms with Gasteiger partial charge in [-0.1, -0.05) is 31.5 Å². The van der Waals surface area contributed by atoms with Gasteiger partial charge in [0.05, 0.1) is 18.3 Å². The van der Waals surface area contributed by atoms with Crippen LogP contribution in [0.15, 0.2) is 30.5 Å². The van der Waals surface area contributed by atoms with Gasteiger partial charge in [0.2, 0.25) is 0 Å². The van der Waals surface area contributed by atoms with Crippen LogP contribution in [0.5, 0.6) is 0 Å². The molecule has 0 saturated heterocycles. The van der Waals surface area contributed by atoms with Crippen molar-refractivity contribution in [2.45, 2.75) is 26.4 Å². The maximum absolute atomic E-state index is 9.25. The van der Waals surface area contributed by atoms with Crippen LogP contribution >= 0.6 is 0 Å². The Morgan fingerprint density at radius 2 is 2.12 bits per heavy atom. The van der Waals surface area contributed by atoms with E-state index in [4.69, 9.17) is 4.84 Å². The Labute approximate surface area is 95.2 Å². The smallest absolute Gasteiger partial charge is 0.115 e. The van der Waals surface area contributed by atoms with E-state index in [0.29, 0.717) is 6.61 Å². The highest BCUT2D eigenvalue weighted by atomic mass is 16.7. The molecule has 0 spiro atoms. The fraction of sp³-hybridized carbons (Fsp3) is 0.385. The lowest BCUT2D eigenvalue weighted by atomic mass is 10.2. The summed E-state index contributed by atoms with van der Waals surface area (Å²) in [4.78, 5) is 5.65. The zero-order valence-corrected chi connectivity index (χ0v) is 9.52. The highest BCUT2D eigenvalue weighted by Gasteiger charge is 2.07. The van der Waals surface area contributed by atoms with E-state index in [1.165, 1.54) is 0 Å². The molecule has 0 aliphatic carbocycles. The summed E-state index contributed by atoms with van der Waals surface area (Å²) in [6.07, 6.45) is 4.02. The van der Waals surface area contributed by atoms with Crippen molar-refractivity contribution in [2.24, 2.45) is 0 Å². The van der Waals surface area contributed by atoms with Gasteiger partial charge in [0.25, 0.3) is 0 Å². The number of benzene rings is 1. The third-order valence-electron chi connectivity index (χ3n) is 2.66. The summed E-state index contributed by atoms with van der Waals surface area (Å²) in [5.41, 5.74) is 1.93. The van der Waals surface area contributed by atoms with Crippen LogP contribution in [0.3, 0.4) is 0 Å². The largest absolute Gasteiger partial charge is 0.414 e. The van der Waals surface area contributed by atoms with Gasteiger partial charge in [0.15, 0.2) is 0 Å². The first kappa shape index (κ1) is 11.0. The van der Waals surface area contributed by atoms with Crippen molar-refractivity contribution < 1.29 is 9.94 Å². The number of aliphatic hydroxyl groups is 1. The number of aliphatic hydroxyl groups excluding tert-OH is 1. The van der Waals surface area contributed by atoms with E-state index in [1.807, 2.05) is 30.5 Å². The van der Waals surface area contributed by atoms with Crippen molar-refractivity contribution in [3.8, 4) is 0 Å². The summed E-state index contributed by atoms with van der Waals surface area (Å²) >= 11 is 0. The summed E-state index contributed by atoms with van der Waals surface area (Å²) in [5, 5.41) is 10.3. The second-order valence-electron chi connectivity index (χ2n) is 3.84. The molecule has 2 aromatic rings. The minimum absolute atomic E-state index is 0.0463. The fourth-order valence-electron chi connectivity index (χ4n) is 1.76. The Morgan fingerprint density at radius 3 is 2.88 bits per heavy atom. The quantitative estimate of drug-likeness (QED) is 0.783. The van der Waals surface area contributed by atoms with E-state index in [0.717, 1.165) is 29.3 Å². The van der Waals surface area contributed by atoms with Crippen molar-refractivity contribution in [1.82, 2.24) is 4.73 Å². The zero-order chi connectivity index (χ0) is 11.4. The average Bonchev–Trinajstić information content (AvgIpc) is 2.68. The van der Waals surface area contributed by atoms with Crippen molar-refractivity contribution in [3.63, 3.8) is 0 Å². The van der Waals surface area contributed by atoms with E-state index in [-0.39, 0.29) is 6.61 Å². The van der Waals surface area contributed by atoms with Crippen LogP contribution in [0.25, 0.3) is 10.9 Å². The summed E-state index contributed by atoms with van der Waals surface area (Å²) in [5.74, 6) is 0. The highest BCUT2D eigenvalue weighted by molar-refractivity contribution is 5.83. The van der Waals surface area contributed by atoms with Crippen LogP contribution in [-0.2, 0) is 6.61 Å². The maximum atomic E-state index is 9.25. The van der Waals surface area contributed by atoms with Crippen LogP contribution in [0.1, 0.15) is 25.3 Å². The predicted octanol–water partition coefficient (Wildman–Crippen LogP) is 2.36. The first-order valence-corrected chi connectivity index (χ1v) is 5.70. The van der Waals surface area contributed by atoms with E-state index < -0.39 is 0 Å². The van der Waals surface area contributed by atoms with E-state index >= 15 is 0 Å². The molecule has 2 rings (SSSR count). The van der Waals surface area contributed by atoms with Gasteiger partial charge in [-0.05, 0) is 12.5 Å². The van der Waals surface area contributed by atoms with E-state index in [9.17, 15) is 5.11 Å². The summed E-state index contributed by atoms with van der Waals surface area (Å²) < 4.78 is 1.76. The van der Waals surface area contributed by atoms with E-state index in [1.54, 1.807) is 4.73 Å². The van der Waals surface area contributed by atoms with Gasteiger partial charge in [-0.25, -0.2) is 0 Å². The van der Waals surface area contributed by atoms with Crippen molar-refractivity contribution >= 4 is 10.9 Å². The standard InChI is InChI=1S/C13H17NO2/c1-2-3-8-16-14-9-11(10-15)12-6-4-5-7-13(12)14/h4-7,9,15H,2-3,8,10H2,1H3. The first-order chi connectivity index (χ1) is 7.86. The Bertz CT molecular complexity index is 462. The molecule has 0 aliphatic rings. The molecule has 0 fully saturated rings. The number of nitrogens with zero attached hydrogens (tertiary/aromatic N) is 1. The third kappa shape index (κ3) is 2.04. The summed E-state index contributed by atoms with van der Waals surface area (Å²) in [6.45, 7) is 2.89. The second-order valence-corrected chi connectivity index (χ2v) is 3.84. The van der Waals surface area contributed by atoms with Gasteiger partial charge >= 0.3 is 0 Å². The molecule has 1 heterocycles. The normalized spacial score (nSPS) is 10.9. The van der Waals surface area contributed by atoms with Gasteiger partial charge < -0.3 is 9.94 Å². The highest BCUT2D eigenvalue weighted by Crippen LogP contribution is 2.20. The molecule has 0 bridgehead atoms. The molecule has 1 aromatic carbocycles. The minimum atomic E-state index is 0.0463. The average molecular weight is 219 g/mol. The Balaban J connectivity index is 2.30. The van der Waals surface area contributed by atoms with Crippen molar-refractivity contribution in [3.05, 3.63) is 36.0 Å². The lowest BCUT2D eigenvalue weighted by Gasteiger charge is -2.06.